The second kappa shape index (κ2) is 9.09. The van der Waals surface area contributed by atoms with Crippen LogP contribution in [0, 0.1) is 0 Å². The Morgan fingerprint density at radius 3 is 2.71 bits per heavy atom. The smallest absolute Gasteiger partial charge is 0.266 e. The summed E-state index contributed by atoms with van der Waals surface area (Å²) >= 11 is 15.7. The molecule has 0 unspecified atom stereocenters. The molecule has 2 amide bonds. The highest BCUT2D eigenvalue weighted by Crippen LogP contribution is 2.33. The molecule has 1 aliphatic rings. The molecular formula is C19H14BrClN2O3S2. The number of hydrogen-bond acceptors (Lipinski definition) is 5. The van der Waals surface area contributed by atoms with E-state index in [2.05, 4.69) is 21.2 Å². The van der Waals surface area contributed by atoms with Gasteiger partial charge in [0.25, 0.3) is 5.91 Å². The molecule has 1 fully saturated rings. The number of thioether (sulfide) groups is 1. The van der Waals surface area contributed by atoms with Crippen LogP contribution in [0.5, 0.6) is 5.75 Å². The highest BCUT2D eigenvalue weighted by molar-refractivity contribution is 9.10. The van der Waals surface area contributed by atoms with Gasteiger partial charge < -0.3 is 10.4 Å². The molecule has 0 aliphatic carbocycles. The maximum atomic E-state index is 12.6. The Kier molecular flexibility index (Phi) is 6.77. The number of amides is 2. The van der Waals surface area contributed by atoms with E-state index in [1.807, 2.05) is 24.3 Å². The number of hydrogen-bond donors (Lipinski definition) is 2. The Hall–Kier alpha value is -1.87. The Morgan fingerprint density at radius 1 is 1.29 bits per heavy atom. The lowest BCUT2D eigenvalue weighted by Gasteiger charge is -2.14. The molecule has 0 saturated carbocycles. The fourth-order valence-corrected chi connectivity index (χ4v) is 4.18. The molecule has 5 nitrogen and oxygen atoms in total. The van der Waals surface area contributed by atoms with Crippen LogP contribution in [0.1, 0.15) is 12.0 Å². The van der Waals surface area contributed by atoms with Crippen molar-refractivity contribution in [3.05, 3.63) is 62.4 Å². The minimum absolute atomic E-state index is 0.0317. The van der Waals surface area contributed by atoms with Crippen molar-refractivity contribution in [2.75, 3.05) is 11.9 Å². The second-order valence-corrected chi connectivity index (χ2v) is 8.87. The molecule has 2 aromatic rings. The fraction of sp³-hybridized carbons (Fsp3) is 0.105. The van der Waals surface area contributed by atoms with Gasteiger partial charge in [-0.1, -0.05) is 63.6 Å². The number of phenols is 1. The van der Waals surface area contributed by atoms with E-state index in [9.17, 15) is 14.7 Å². The Labute approximate surface area is 184 Å². The highest BCUT2D eigenvalue weighted by Gasteiger charge is 2.32. The lowest BCUT2D eigenvalue weighted by molar-refractivity contribution is -0.122. The van der Waals surface area contributed by atoms with Crippen molar-refractivity contribution < 1.29 is 14.7 Å². The third kappa shape index (κ3) is 5.14. The molecule has 28 heavy (non-hydrogen) atoms. The Balaban J connectivity index is 1.62. The first-order chi connectivity index (χ1) is 13.3. The summed E-state index contributed by atoms with van der Waals surface area (Å²) in [6.45, 7) is 0.148. The Morgan fingerprint density at radius 2 is 2.00 bits per heavy atom. The van der Waals surface area contributed by atoms with Crippen molar-refractivity contribution in [1.82, 2.24) is 4.90 Å². The SMILES string of the molecule is O=C(CCN1C(=O)C(=Cc2ccc(Br)cc2)SC1=S)Nc1cc(Cl)ccc1O. The van der Waals surface area contributed by atoms with E-state index >= 15 is 0 Å². The van der Waals surface area contributed by atoms with Gasteiger partial charge in [-0.3, -0.25) is 14.5 Å². The van der Waals surface area contributed by atoms with Crippen LogP contribution in [-0.2, 0) is 9.59 Å². The van der Waals surface area contributed by atoms with Gasteiger partial charge in [0, 0.05) is 22.5 Å². The summed E-state index contributed by atoms with van der Waals surface area (Å²) < 4.78 is 1.36. The summed E-state index contributed by atoms with van der Waals surface area (Å²) in [5.41, 5.74) is 1.11. The zero-order chi connectivity index (χ0) is 20.3. The molecule has 0 radical (unpaired) electrons. The van der Waals surface area contributed by atoms with Crippen molar-refractivity contribution in [2.24, 2.45) is 0 Å². The number of nitrogens with one attached hydrogen (secondary N) is 1. The molecule has 2 N–H and O–H groups in total. The maximum Gasteiger partial charge on any atom is 0.266 e. The normalized spacial score (nSPS) is 15.4. The molecule has 3 rings (SSSR count). The zero-order valence-electron chi connectivity index (χ0n) is 14.3. The van der Waals surface area contributed by atoms with Gasteiger partial charge in [0.15, 0.2) is 0 Å². The number of aromatic hydroxyl groups is 1. The van der Waals surface area contributed by atoms with Crippen molar-refractivity contribution in [2.45, 2.75) is 6.42 Å². The lowest BCUT2D eigenvalue weighted by Crippen LogP contribution is -2.31. The summed E-state index contributed by atoms with van der Waals surface area (Å²) in [6, 6.07) is 11.9. The average molecular weight is 498 g/mol. The molecule has 9 heteroatoms. The second-order valence-electron chi connectivity index (χ2n) is 5.84. The molecule has 144 valence electrons. The van der Waals surface area contributed by atoms with E-state index in [4.69, 9.17) is 23.8 Å². The number of rotatable bonds is 5. The van der Waals surface area contributed by atoms with Crippen LogP contribution < -0.4 is 5.32 Å². The first-order valence-corrected chi connectivity index (χ1v) is 10.5. The zero-order valence-corrected chi connectivity index (χ0v) is 18.3. The van der Waals surface area contributed by atoms with Crippen molar-refractivity contribution >= 4 is 79.4 Å². The van der Waals surface area contributed by atoms with Crippen LogP contribution in [0.15, 0.2) is 51.8 Å². The van der Waals surface area contributed by atoms with Crippen LogP contribution in [0.2, 0.25) is 5.02 Å². The van der Waals surface area contributed by atoms with E-state index in [-0.39, 0.29) is 36.2 Å². The number of thiocarbonyl (C=S) groups is 1. The van der Waals surface area contributed by atoms with E-state index in [1.165, 1.54) is 34.9 Å². The molecule has 1 aliphatic heterocycles. The predicted molar refractivity (Wildman–Crippen MR) is 120 cm³/mol. The van der Waals surface area contributed by atoms with Gasteiger partial charge in [-0.15, -0.1) is 0 Å². The van der Waals surface area contributed by atoms with Gasteiger partial charge in [0.05, 0.1) is 10.6 Å². The standard InChI is InChI=1S/C19H14BrClN2O3S2/c20-12-3-1-11(2-4-12)9-16-18(26)23(19(27)28-16)8-7-17(25)22-14-10-13(21)5-6-15(14)24/h1-6,9-10,24H,7-8H2,(H,22,25). The number of carbonyl (C=O) groups excluding carboxylic acids is 2. The number of nitrogens with zero attached hydrogens (tertiary/aromatic N) is 1. The average Bonchev–Trinajstić information content (AvgIpc) is 2.91. The van der Waals surface area contributed by atoms with E-state index in [0.717, 1.165) is 10.0 Å². The lowest BCUT2D eigenvalue weighted by atomic mass is 10.2. The number of phenolic OH excluding ortho intramolecular Hbond substituents is 1. The number of carbonyl (C=O) groups is 2. The van der Waals surface area contributed by atoms with Crippen molar-refractivity contribution in [3.63, 3.8) is 0 Å². The van der Waals surface area contributed by atoms with Gasteiger partial charge in [-0.2, -0.15) is 0 Å². The minimum atomic E-state index is -0.358. The Bertz CT molecular complexity index is 980. The van der Waals surface area contributed by atoms with Crippen molar-refractivity contribution in [3.8, 4) is 5.75 Å². The summed E-state index contributed by atoms with van der Waals surface area (Å²) in [5.74, 6) is -0.666. The van der Waals surface area contributed by atoms with Crippen LogP contribution >= 0.6 is 51.5 Å². The molecule has 0 bridgehead atoms. The van der Waals surface area contributed by atoms with Gasteiger partial charge in [0.2, 0.25) is 5.91 Å². The monoisotopic (exact) mass is 496 g/mol. The first-order valence-electron chi connectivity index (χ1n) is 8.13. The summed E-state index contributed by atoms with van der Waals surface area (Å²) in [6.07, 6.45) is 1.81. The van der Waals surface area contributed by atoms with E-state index < -0.39 is 0 Å². The summed E-state index contributed by atoms with van der Waals surface area (Å²) in [7, 11) is 0. The quantitative estimate of drug-likeness (QED) is 0.344. The highest BCUT2D eigenvalue weighted by atomic mass is 79.9. The van der Waals surface area contributed by atoms with Gasteiger partial charge in [-0.05, 0) is 42.0 Å². The number of halogens is 2. The number of anilines is 1. The third-order valence-corrected chi connectivity index (χ3v) is 5.98. The van der Waals surface area contributed by atoms with Crippen LogP contribution in [-0.4, -0.2) is 32.7 Å². The summed E-state index contributed by atoms with van der Waals surface area (Å²) in [4.78, 5) is 26.7. The molecule has 0 spiro atoms. The van der Waals surface area contributed by atoms with Gasteiger partial charge in [0.1, 0.15) is 10.1 Å². The van der Waals surface area contributed by atoms with Crippen LogP contribution in [0.3, 0.4) is 0 Å². The molecule has 0 aromatic heterocycles. The van der Waals surface area contributed by atoms with Gasteiger partial charge >= 0.3 is 0 Å². The topological polar surface area (TPSA) is 69.6 Å². The predicted octanol–water partition coefficient (Wildman–Crippen LogP) is 5.04. The first kappa shape index (κ1) is 20.9. The maximum absolute atomic E-state index is 12.6. The summed E-state index contributed by atoms with van der Waals surface area (Å²) in [5, 5.41) is 12.7. The molecule has 1 saturated heterocycles. The third-order valence-electron chi connectivity index (χ3n) is 3.84. The largest absolute Gasteiger partial charge is 0.506 e. The van der Waals surface area contributed by atoms with Crippen molar-refractivity contribution in [1.29, 1.82) is 0 Å². The number of benzene rings is 2. The molecular weight excluding hydrogens is 484 g/mol. The minimum Gasteiger partial charge on any atom is -0.506 e. The van der Waals surface area contributed by atoms with Crippen LogP contribution in [0.4, 0.5) is 5.69 Å². The van der Waals surface area contributed by atoms with Crippen LogP contribution in [0.25, 0.3) is 6.08 Å². The van der Waals surface area contributed by atoms with Gasteiger partial charge in [-0.25, -0.2) is 0 Å². The molecule has 0 atom stereocenters. The van der Waals surface area contributed by atoms with E-state index in [1.54, 1.807) is 6.08 Å². The molecule has 2 aromatic carbocycles. The molecule has 1 heterocycles. The van der Waals surface area contributed by atoms with E-state index in [0.29, 0.717) is 14.2 Å². The fourth-order valence-electron chi connectivity index (χ4n) is 2.44.